The van der Waals surface area contributed by atoms with E-state index in [1.165, 1.54) is 29.4 Å². The molecule has 3 aromatic rings. The molecule has 190 valence electrons. The maximum Gasteiger partial charge on any atom is 0.389 e. The van der Waals surface area contributed by atoms with Crippen molar-refractivity contribution in [2.45, 2.75) is 43.3 Å². The third-order valence-electron chi connectivity index (χ3n) is 6.37. The summed E-state index contributed by atoms with van der Waals surface area (Å²) in [7, 11) is -3.94. The number of hydrogen-bond donors (Lipinski definition) is 1. The number of aromatic nitrogens is 2. The van der Waals surface area contributed by atoms with Gasteiger partial charge >= 0.3 is 6.18 Å². The SMILES string of the molecule is CC[C@@H]1CN(C(=O)CCC(F)(F)F)C[C@@H]1Nc1c(C#N)cnc2c1ccn2S(=O)(=O)c1ccccc1. The van der Waals surface area contributed by atoms with Gasteiger partial charge in [-0.25, -0.2) is 17.4 Å². The Labute approximate surface area is 206 Å². The van der Waals surface area contributed by atoms with Gasteiger partial charge in [-0.15, -0.1) is 0 Å². The fourth-order valence-electron chi connectivity index (χ4n) is 4.45. The van der Waals surface area contributed by atoms with E-state index in [-0.39, 0.29) is 34.6 Å². The molecule has 1 aliphatic rings. The van der Waals surface area contributed by atoms with Crippen molar-refractivity contribution in [2.75, 3.05) is 18.4 Å². The van der Waals surface area contributed by atoms with Crippen LogP contribution in [0.25, 0.3) is 11.0 Å². The number of hydrogen-bond acceptors (Lipinski definition) is 6. The number of likely N-dealkylation sites (tertiary alicyclic amines) is 1. The van der Waals surface area contributed by atoms with Crippen molar-refractivity contribution in [1.29, 1.82) is 5.26 Å². The zero-order valence-corrected chi connectivity index (χ0v) is 20.2. The van der Waals surface area contributed by atoms with Crippen LogP contribution in [-0.4, -0.2) is 53.5 Å². The number of alkyl halides is 3. The van der Waals surface area contributed by atoms with E-state index in [1.54, 1.807) is 24.3 Å². The Hall–Kier alpha value is -3.59. The molecule has 1 fully saturated rings. The maximum atomic E-state index is 13.2. The molecule has 0 bridgehead atoms. The number of benzene rings is 1. The Bertz CT molecular complexity index is 1410. The number of anilines is 1. The minimum absolute atomic E-state index is 0.0651. The van der Waals surface area contributed by atoms with Gasteiger partial charge in [-0.1, -0.05) is 25.1 Å². The highest BCUT2D eigenvalue weighted by Crippen LogP contribution is 2.33. The first-order chi connectivity index (χ1) is 17.0. The molecule has 2 aromatic heterocycles. The van der Waals surface area contributed by atoms with Gasteiger partial charge in [-0.2, -0.15) is 18.4 Å². The lowest BCUT2D eigenvalue weighted by Gasteiger charge is -2.21. The zero-order chi connectivity index (χ0) is 26.1. The number of amides is 1. The average molecular weight is 520 g/mol. The highest BCUT2D eigenvalue weighted by atomic mass is 32.2. The minimum atomic E-state index is -4.41. The van der Waals surface area contributed by atoms with E-state index < -0.39 is 34.9 Å². The smallest absolute Gasteiger partial charge is 0.378 e. The van der Waals surface area contributed by atoms with Gasteiger partial charge in [0.15, 0.2) is 5.65 Å². The minimum Gasteiger partial charge on any atom is -0.378 e. The fraction of sp³-hybridized carbons (Fsp3) is 0.375. The Morgan fingerprint density at radius 1 is 1.22 bits per heavy atom. The third kappa shape index (κ3) is 5.02. The van der Waals surface area contributed by atoms with Crippen LogP contribution in [0.15, 0.2) is 53.7 Å². The third-order valence-corrected chi connectivity index (χ3v) is 8.05. The van der Waals surface area contributed by atoms with Gasteiger partial charge in [0, 0.05) is 43.3 Å². The van der Waals surface area contributed by atoms with Crippen molar-refractivity contribution in [3.05, 3.63) is 54.4 Å². The number of halogens is 3. The zero-order valence-electron chi connectivity index (χ0n) is 19.4. The number of pyridine rings is 1. The Morgan fingerprint density at radius 3 is 2.58 bits per heavy atom. The Morgan fingerprint density at radius 2 is 1.94 bits per heavy atom. The lowest BCUT2D eigenvalue weighted by molar-refractivity contribution is -0.148. The lowest BCUT2D eigenvalue weighted by atomic mass is 10.00. The summed E-state index contributed by atoms with van der Waals surface area (Å²) in [4.78, 5) is 18.1. The van der Waals surface area contributed by atoms with Crippen molar-refractivity contribution in [3.8, 4) is 6.07 Å². The first-order valence-corrected chi connectivity index (χ1v) is 12.8. The van der Waals surface area contributed by atoms with Gasteiger partial charge in [-0.05, 0) is 30.5 Å². The summed E-state index contributed by atoms with van der Waals surface area (Å²) in [5.74, 6) is -0.639. The quantitative estimate of drug-likeness (QED) is 0.503. The van der Waals surface area contributed by atoms with Gasteiger partial charge in [0.2, 0.25) is 5.91 Å². The highest BCUT2D eigenvalue weighted by molar-refractivity contribution is 7.90. The van der Waals surface area contributed by atoms with Crippen molar-refractivity contribution in [3.63, 3.8) is 0 Å². The number of carbonyl (C=O) groups excluding carboxylic acids is 1. The molecule has 1 aromatic carbocycles. The van der Waals surface area contributed by atoms with Gasteiger partial charge in [-0.3, -0.25) is 4.79 Å². The van der Waals surface area contributed by atoms with Crippen molar-refractivity contribution >= 4 is 32.7 Å². The molecule has 8 nitrogen and oxygen atoms in total. The van der Waals surface area contributed by atoms with E-state index in [4.69, 9.17) is 0 Å². The van der Waals surface area contributed by atoms with E-state index in [9.17, 15) is 31.6 Å². The van der Waals surface area contributed by atoms with Crippen LogP contribution in [0.3, 0.4) is 0 Å². The van der Waals surface area contributed by atoms with Crippen LogP contribution >= 0.6 is 0 Å². The Kier molecular flexibility index (Phi) is 6.95. The van der Waals surface area contributed by atoms with Crippen molar-refractivity contribution in [2.24, 2.45) is 5.92 Å². The first kappa shape index (κ1) is 25.5. The Balaban J connectivity index is 1.65. The van der Waals surface area contributed by atoms with E-state index >= 15 is 0 Å². The van der Waals surface area contributed by atoms with E-state index in [0.717, 1.165) is 3.97 Å². The second-order valence-electron chi connectivity index (χ2n) is 8.66. The second-order valence-corrected chi connectivity index (χ2v) is 10.5. The standard InChI is InChI=1S/C24H24F3N5O3S/c1-2-16-14-31(21(33)8-10-24(25,26)27)15-20(16)30-22-17(12-28)13-29-23-19(22)9-11-32(23)36(34,35)18-6-4-3-5-7-18/h3-7,9,11,13,16,20H,2,8,10,14-15H2,1H3,(H,29,30)/t16-,20+/m1/s1. The molecule has 0 radical (unpaired) electrons. The van der Waals surface area contributed by atoms with E-state index in [0.29, 0.717) is 24.0 Å². The van der Waals surface area contributed by atoms with Gasteiger partial charge in [0.1, 0.15) is 6.07 Å². The normalized spacial score (nSPS) is 18.4. The molecule has 4 rings (SSSR count). The van der Waals surface area contributed by atoms with Gasteiger partial charge < -0.3 is 10.2 Å². The van der Waals surface area contributed by atoms with Crippen LogP contribution in [0.2, 0.25) is 0 Å². The number of rotatable bonds is 7. The average Bonchev–Trinajstić information content (AvgIpc) is 3.47. The predicted octanol–water partition coefficient (Wildman–Crippen LogP) is 4.14. The summed E-state index contributed by atoms with van der Waals surface area (Å²) in [6, 6.07) is 11.1. The molecular weight excluding hydrogens is 495 g/mol. The molecule has 0 unspecified atom stereocenters. The summed E-state index contributed by atoms with van der Waals surface area (Å²) < 4.78 is 65.1. The highest BCUT2D eigenvalue weighted by Gasteiger charge is 2.36. The summed E-state index contributed by atoms with van der Waals surface area (Å²) in [5, 5.41) is 13.4. The molecule has 36 heavy (non-hydrogen) atoms. The van der Waals surface area contributed by atoms with Crippen LogP contribution in [0, 0.1) is 17.2 Å². The largest absolute Gasteiger partial charge is 0.389 e. The molecule has 1 N–H and O–H groups in total. The second kappa shape index (κ2) is 9.81. The number of nitriles is 1. The van der Waals surface area contributed by atoms with E-state index in [2.05, 4.69) is 16.4 Å². The molecular formula is C24H24F3N5O3S. The van der Waals surface area contributed by atoms with E-state index in [1.807, 2.05) is 6.92 Å². The topological polar surface area (TPSA) is 108 Å². The number of carbonyl (C=O) groups is 1. The summed E-state index contributed by atoms with van der Waals surface area (Å²) in [6.45, 7) is 2.39. The summed E-state index contributed by atoms with van der Waals surface area (Å²) >= 11 is 0. The number of nitrogens with zero attached hydrogens (tertiary/aromatic N) is 4. The monoisotopic (exact) mass is 519 g/mol. The molecule has 1 saturated heterocycles. The van der Waals surface area contributed by atoms with Crippen LogP contribution in [0.4, 0.5) is 18.9 Å². The van der Waals surface area contributed by atoms with Crippen LogP contribution < -0.4 is 5.32 Å². The number of fused-ring (bicyclic) bond motifs is 1. The fourth-order valence-corrected chi connectivity index (χ4v) is 5.77. The van der Waals surface area contributed by atoms with Crippen LogP contribution in [0.5, 0.6) is 0 Å². The summed E-state index contributed by atoms with van der Waals surface area (Å²) in [6.07, 6.45) is -2.90. The maximum absolute atomic E-state index is 13.2. The molecule has 0 saturated carbocycles. The lowest BCUT2D eigenvalue weighted by Crippen LogP contribution is -2.32. The molecule has 1 aliphatic heterocycles. The molecule has 12 heteroatoms. The van der Waals surface area contributed by atoms with Gasteiger partial charge in [0.25, 0.3) is 10.0 Å². The summed E-state index contributed by atoms with van der Waals surface area (Å²) in [5.41, 5.74) is 0.691. The predicted molar refractivity (Wildman–Crippen MR) is 127 cm³/mol. The molecule has 1 amide bonds. The van der Waals surface area contributed by atoms with Gasteiger partial charge in [0.05, 0.1) is 22.6 Å². The molecule has 0 aliphatic carbocycles. The number of nitrogens with one attached hydrogen (secondary N) is 1. The van der Waals surface area contributed by atoms with Crippen LogP contribution in [-0.2, 0) is 14.8 Å². The molecule has 2 atom stereocenters. The van der Waals surface area contributed by atoms with Crippen molar-refractivity contribution in [1.82, 2.24) is 13.9 Å². The van der Waals surface area contributed by atoms with Crippen LogP contribution in [0.1, 0.15) is 31.7 Å². The van der Waals surface area contributed by atoms with Crippen molar-refractivity contribution < 1.29 is 26.4 Å². The first-order valence-electron chi connectivity index (χ1n) is 11.4. The molecule has 0 spiro atoms. The molecule has 3 heterocycles.